The molecule has 0 saturated carbocycles. The van der Waals surface area contributed by atoms with Gasteiger partial charge in [0.15, 0.2) is 5.38 Å². The lowest BCUT2D eigenvalue weighted by atomic mass is 9.85. The van der Waals surface area contributed by atoms with Crippen molar-refractivity contribution in [2.24, 2.45) is 0 Å². The summed E-state index contributed by atoms with van der Waals surface area (Å²) in [4.78, 5) is 0. The van der Waals surface area contributed by atoms with Crippen molar-refractivity contribution in [2.75, 3.05) is 6.61 Å². The number of nitrogens with zero attached hydrogens (tertiary/aromatic N) is 1. The molecule has 0 aliphatic heterocycles. The Morgan fingerprint density at radius 3 is 2.59 bits per heavy atom. The van der Waals surface area contributed by atoms with Gasteiger partial charge >= 0.3 is 0 Å². The van der Waals surface area contributed by atoms with Crippen LogP contribution in [0.4, 0.5) is 0 Å². The van der Waals surface area contributed by atoms with Gasteiger partial charge in [-0.05, 0) is 24.0 Å². The summed E-state index contributed by atoms with van der Waals surface area (Å²) in [5.41, 5.74) is 2.35. The van der Waals surface area contributed by atoms with Crippen molar-refractivity contribution in [2.45, 2.75) is 38.5 Å². The first-order valence-corrected chi connectivity index (χ1v) is 6.06. The fourth-order valence-electron chi connectivity index (χ4n) is 1.56. The third-order valence-electron chi connectivity index (χ3n) is 2.47. The molecule has 0 aliphatic rings. The maximum absolute atomic E-state index is 8.62. The molecule has 17 heavy (non-hydrogen) atoms. The second-order valence-corrected chi connectivity index (χ2v) is 5.68. The van der Waals surface area contributed by atoms with Crippen molar-refractivity contribution in [1.29, 1.82) is 5.26 Å². The molecule has 92 valence electrons. The maximum atomic E-state index is 8.62. The average Bonchev–Trinajstić information content (AvgIpc) is 2.25. The smallest absolute Gasteiger partial charge is 0.154 e. The Morgan fingerprint density at radius 2 is 2.06 bits per heavy atom. The van der Waals surface area contributed by atoms with Gasteiger partial charge in [0, 0.05) is 0 Å². The maximum Gasteiger partial charge on any atom is 0.154 e. The van der Waals surface area contributed by atoms with Crippen molar-refractivity contribution in [3.05, 3.63) is 29.3 Å². The second-order valence-electron chi connectivity index (χ2n) is 5.16. The summed E-state index contributed by atoms with van der Waals surface area (Å²) < 4.78 is 5.62. The highest BCUT2D eigenvalue weighted by molar-refractivity contribution is 6.22. The predicted molar refractivity (Wildman–Crippen MR) is 70.6 cm³/mol. The first-order valence-electron chi connectivity index (χ1n) is 5.62. The van der Waals surface area contributed by atoms with Crippen LogP contribution < -0.4 is 4.74 Å². The summed E-state index contributed by atoms with van der Waals surface area (Å²) in [6, 6.07) is 8.00. The summed E-state index contributed by atoms with van der Waals surface area (Å²) >= 11 is 5.73. The molecule has 0 N–H and O–H groups in total. The SMILES string of the molecule is Cc1ccc(OCC(Cl)C#N)c(C(C)(C)C)c1. The van der Waals surface area contributed by atoms with Crippen LogP contribution in [0.5, 0.6) is 5.75 Å². The van der Waals surface area contributed by atoms with E-state index in [2.05, 4.69) is 33.8 Å². The van der Waals surface area contributed by atoms with Crippen LogP contribution in [-0.4, -0.2) is 12.0 Å². The van der Waals surface area contributed by atoms with Crippen LogP contribution >= 0.6 is 11.6 Å². The topological polar surface area (TPSA) is 33.0 Å². The zero-order valence-electron chi connectivity index (χ0n) is 10.7. The number of rotatable bonds is 3. The third-order valence-corrected chi connectivity index (χ3v) is 2.69. The minimum absolute atomic E-state index is 0.00973. The fraction of sp³-hybridized carbons (Fsp3) is 0.500. The lowest BCUT2D eigenvalue weighted by molar-refractivity contribution is 0.319. The van der Waals surface area contributed by atoms with E-state index in [1.807, 2.05) is 18.2 Å². The molecule has 0 bridgehead atoms. The molecule has 0 aromatic heterocycles. The lowest BCUT2D eigenvalue weighted by Gasteiger charge is -2.23. The van der Waals surface area contributed by atoms with Crippen molar-refractivity contribution in [1.82, 2.24) is 0 Å². The van der Waals surface area contributed by atoms with Crippen LogP contribution in [0, 0.1) is 18.3 Å². The number of ether oxygens (including phenoxy) is 1. The number of benzene rings is 1. The molecule has 0 saturated heterocycles. The first-order chi connectivity index (χ1) is 7.84. The summed E-state index contributed by atoms with van der Waals surface area (Å²) in [6.45, 7) is 8.67. The van der Waals surface area contributed by atoms with Crippen LogP contribution in [0.25, 0.3) is 0 Å². The molecule has 0 heterocycles. The van der Waals surface area contributed by atoms with Gasteiger partial charge < -0.3 is 4.74 Å². The van der Waals surface area contributed by atoms with E-state index < -0.39 is 5.38 Å². The average molecular weight is 252 g/mol. The molecule has 0 radical (unpaired) electrons. The molecule has 1 aromatic rings. The van der Waals surface area contributed by atoms with Gasteiger partial charge in [0.2, 0.25) is 0 Å². The predicted octanol–water partition coefficient (Wildman–Crippen LogP) is 3.80. The van der Waals surface area contributed by atoms with Gasteiger partial charge in [0.05, 0.1) is 6.07 Å². The van der Waals surface area contributed by atoms with Gasteiger partial charge in [-0.25, -0.2) is 0 Å². The Bertz CT molecular complexity index is 429. The number of aryl methyl sites for hydroxylation is 1. The number of hydrogen-bond donors (Lipinski definition) is 0. The number of halogens is 1. The van der Waals surface area contributed by atoms with Gasteiger partial charge in [-0.3, -0.25) is 0 Å². The first kappa shape index (κ1) is 13.9. The Labute approximate surface area is 108 Å². The molecule has 0 amide bonds. The highest BCUT2D eigenvalue weighted by atomic mass is 35.5. The second kappa shape index (κ2) is 5.42. The highest BCUT2D eigenvalue weighted by Gasteiger charge is 2.19. The van der Waals surface area contributed by atoms with Crippen LogP contribution in [0.1, 0.15) is 31.9 Å². The van der Waals surface area contributed by atoms with Crippen LogP contribution in [0.3, 0.4) is 0 Å². The van der Waals surface area contributed by atoms with Crippen molar-refractivity contribution >= 4 is 11.6 Å². The van der Waals surface area contributed by atoms with E-state index in [0.717, 1.165) is 11.3 Å². The molecule has 1 atom stereocenters. The van der Waals surface area contributed by atoms with Crippen molar-refractivity contribution in [3.63, 3.8) is 0 Å². The summed E-state index contributed by atoms with van der Waals surface area (Å²) in [7, 11) is 0. The molecule has 3 heteroatoms. The van der Waals surface area contributed by atoms with E-state index in [0.29, 0.717) is 0 Å². The van der Waals surface area contributed by atoms with Crippen LogP contribution in [-0.2, 0) is 5.41 Å². The Balaban J connectivity index is 2.96. The van der Waals surface area contributed by atoms with Gasteiger partial charge in [0.25, 0.3) is 0 Å². The van der Waals surface area contributed by atoms with E-state index in [9.17, 15) is 0 Å². The molecule has 1 unspecified atom stereocenters. The summed E-state index contributed by atoms with van der Waals surface area (Å²) in [5.74, 6) is 0.809. The van der Waals surface area contributed by atoms with E-state index in [4.69, 9.17) is 21.6 Å². The highest BCUT2D eigenvalue weighted by Crippen LogP contribution is 2.32. The van der Waals surface area contributed by atoms with Gasteiger partial charge in [0.1, 0.15) is 12.4 Å². The Morgan fingerprint density at radius 1 is 1.41 bits per heavy atom. The molecule has 2 nitrogen and oxygen atoms in total. The summed E-state index contributed by atoms with van der Waals surface area (Å²) in [5, 5.41) is 8.02. The molecule has 1 rings (SSSR count). The number of hydrogen-bond acceptors (Lipinski definition) is 2. The van der Waals surface area contributed by atoms with Crippen LogP contribution in [0.15, 0.2) is 18.2 Å². The molecule has 0 fully saturated rings. The van der Waals surface area contributed by atoms with Crippen LogP contribution in [0.2, 0.25) is 0 Å². The number of alkyl halides is 1. The molecule has 0 aliphatic carbocycles. The van der Waals surface area contributed by atoms with Crippen molar-refractivity contribution in [3.8, 4) is 11.8 Å². The normalized spacial score (nSPS) is 12.9. The third kappa shape index (κ3) is 3.94. The minimum atomic E-state index is -0.607. The molecule has 1 aromatic carbocycles. The molecular weight excluding hydrogens is 234 g/mol. The Hall–Kier alpha value is -1.20. The van der Waals surface area contributed by atoms with E-state index in [-0.39, 0.29) is 12.0 Å². The summed E-state index contributed by atoms with van der Waals surface area (Å²) in [6.07, 6.45) is 0. The van der Waals surface area contributed by atoms with Gasteiger partial charge in [-0.15, -0.1) is 11.6 Å². The standard InChI is InChI=1S/C14H18ClNO/c1-10-5-6-13(17-9-11(15)8-16)12(7-10)14(2,3)4/h5-7,11H,9H2,1-4H3. The fourth-order valence-corrected chi connectivity index (χ4v) is 1.62. The van der Waals surface area contributed by atoms with Gasteiger partial charge in [-0.1, -0.05) is 38.5 Å². The van der Waals surface area contributed by atoms with E-state index in [1.165, 1.54) is 5.56 Å². The molecule has 0 spiro atoms. The zero-order chi connectivity index (χ0) is 13.1. The van der Waals surface area contributed by atoms with Gasteiger partial charge in [-0.2, -0.15) is 5.26 Å². The monoisotopic (exact) mass is 251 g/mol. The minimum Gasteiger partial charge on any atom is -0.491 e. The van der Waals surface area contributed by atoms with E-state index in [1.54, 1.807) is 0 Å². The largest absolute Gasteiger partial charge is 0.491 e. The lowest BCUT2D eigenvalue weighted by Crippen LogP contribution is -2.16. The quantitative estimate of drug-likeness (QED) is 0.766. The molecular formula is C14H18ClNO. The zero-order valence-corrected chi connectivity index (χ0v) is 11.5. The van der Waals surface area contributed by atoms with Crippen molar-refractivity contribution < 1.29 is 4.74 Å². The number of nitriles is 1. The van der Waals surface area contributed by atoms with E-state index >= 15 is 0 Å². The Kier molecular flexibility index (Phi) is 4.42.